The summed E-state index contributed by atoms with van der Waals surface area (Å²) in [5.74, 6) is 3.39. The molecule has 228 valence electrons. The van der Waals surface area contributed by atoms with Gasteiger partial charge in [-0.15, -0.1) is 0 Å². The molecular weight excluding hydrogens is 533 g/mol. The van der Waals surface area contributed by atoms with Crippen LogP contribution in [0, 0.1) is 0 Å². The number of phenolic OH excluding ortho intramolecular Hbond substituents is 1. The summed E-state index contributed by atoms with van der Waals surface area (Å²) >= 11 is 3.61. The molecule has 0 amide bonds. The molecule has 0 unspecified atom stereocenters. The van der Waals surface area contributed by atoms with Crippen molar-refractivity contribution in [2.45, 2.75) is 143 Å². The van der Waals surface area contributed by atoms with Gasteiger partial charge in [0.1, 0.15) is 12.4 Å². The SMILES string of the molecule is CCCCCCCCSC1=NCN(SCCCCCCCC)C(Nc2cc(C(C)(C)C)c(O)c(C(C)(C)C)c2)=N1. The lowest BCUT2D eigenvalue weighted by Crippen LogP contribution is -2.35. The number of guanidine groups is 1. The summed E-state index contributed by atoms with van der Waals surface area (Å²) in [7, 11) is 0. The summed E-state index contributed by atoms with van der Waals surface area (Å²) in [6, 6.07) is 4.19. The molecule has 0 saturated carbocycles. The summed E-state index contributed by atoms with van der Waals surface area (Å²) in [6.07, 6.45) is 15.6. The van der Waals surface area contributed by atoms with Gasteiger partial charge in [0.2, 0.25) is 5.96 Å². The molecule has 0 atom stereocenters. The van der Waals surface area contributed by atoms with Crippen molar-refractivity contribution in [2.75, 3.05) is 23.5 Å². The van der Waals surface area contributed by atoms with Crippen LogP contribution in [-0.2, 0) is 10.8 Å². The number of hydrogen-bond donors (Lipinski definition) is 2. The molecule has 0 fully saturated rings. The molecule has 1 heterocycles. The third-order valence-corrected chi connectivity index (χ3v) is 9.27. The maximum atomic E-state index is 11.2. The van der Waals surface area contributed by atoms with E-state index in [0.717, 1.165) is 39.4 Å². The van der Waals surface area contributed by atoms with E-state index in [1.807, 2.05) is 11.9 Å². The quantitative estimate of drug-likeness (QED) is 0.114. The minimum absolute atomic E-state index is 0.179. The number of aromatic hydroxyl groups is 1. The van der Waals surface area contributed by atoms with Crippen LogP contribution in [0.15, 0.2) is 22.1 Å². The van der Waals surface area contributed by atoms with Gasteiger partial charge >= 0.3 is 0 Å². The first kappa shape index (κ1) is 34.9. The molecule has 2 N–H and O–H groups in total. The van der Waals surface area contributed by atoms with Gasteiger partial charge in [-0.3, -0.25) is 4.31 Å². The topological polar surface area (TPSA) is 60.2 Å². The van der Waals surface area contributed by atoms with Crippen LogP contribution in [0.3, 0.4) is 0 Å². The van der Waals surface area contributed by atoms with Gasteiger partial charge in [-0.25, -0.2) is 4.99 Å². The number of anilines is 1. The number of thioether (sulfide) groups is 1. The predicted molar refractivity (Wildman–Crippen MR) is 182 cm³/mol. The van der Waals surface area contributed by atoms with Crippen LogP contribution in [0.1, 0.15) is 144 Å². The zero-order chi connectivity index (χ0) is 29.6. The average molecular weight is 591 g/mol. The van der Waals surface area contributed by atoms with Crippen molar-refractivity contribution in [3.63, 3.8) is 0 Å². The Morgan fingerprint density at radius 3 is 1.80 bits per heavy atom. The van der Waals surface area contributed by atoms with Crippen LogP contribution in [0.2, 0.25) is 0 Å². The van der Waals surface area contributed by atoms with E-state index in [4.69, 9.17) is 9.98 Å². The fraction of sp³-hybridized carbons (Fsp3) is 0.758. The highest BCUT2D eigenvalue weighted by molar-refractivity contribution is 8.13. The molecule has 0 spiro atoms. The van der Waals surface area contributed by atoms with Gasteiger partial charge in [-0.05, 0) is 47.8 Å². The second kappa shape index (κ2) is 17.6. The molecule has 40 heavy (non-hydrogen) atoms. The van der Waals surface area contributed by atoms with Crippen LogP contribution in [0.4, 0.5) is 5.69 Å². The van der Waals surface area contributed by atoms with Gasteiger partial charge in [-0.1, -0.05) is 131 Å². The molecular formula is C33H58N4OS2. The van der Waals surface area contributed by atoms with E-state index in [1.165, 1.54) is 77.0 Å². The van der Waals surface area contributed by atoms with Crippen LogP contribution in [-0.4, -0.2) is 38.7 Å². The summed E-state index contributed by atoms with van der Waals surface area (Å²) in [5.41, 5.74) is 2.52. The van der Waals surface area contributed by atoms with Gasteiger partial charge in [-0.2, -0.15) is 4.99 Å². The first-order valence-corrected chi connectivity index (χ1v) is 17.7. The Morgan fingerprint density at radius 2 is 1.27 bits per heavy atom. The normalized spacial score (nSPS) is 14.3. The molecule has 2 rings (SSSR count). The number of hydrogen-bond acceptors (Lipinski definition) is 7. The van der Waals surface area contributed by atoms with Crippen molar-refractivity contribution in [3.8, 4) is 5.75 Å². The third kappa shape index (κ3) is 12.3. The van der Waals surface area contributed by atoms with E-state index < -0.39 is 0 Å². The van der Waals surface area contributed by atoms with E-state index in [2.05, 4.69) is 77.1 Å². The van der Waals surface area contributed by atoms with E-state index in [0.29, 0.717) is 12.4 Å². The molecule has 5 nitrogen and oxygen atoms in total. The Labute approximate surface area is 255 Å². The molecule has 0 aliphatic carbocycles. The number of nitrogens with zero attached hydrogens (tertiary/aromatic N) is 3. The summed E-state index contributed by atoms with van der Waals surface area (Å²) in [6.45, 7) is 18.1. The predicted octanol–water partition coefficient (Wildman–Crippen LogP) is 10.5. The Bertz CT molecular complexity index is 912. The number of amidine groups is 1. The number of nitrogens with one attached hydrogen (secondary N) is 1. The number of rotatable bonds is 16. The maximum absolute atomic E-state index is 11.2. The van der Waals surface area contributed by atoms with Crippen LogP contribution in [0.5, 0.6) is 5.75 Å². The first-order valence-electron chi connectivity index (χ1n) is 15.8. The van der Waals surface area contributed by atoms with E-state index in [-0.39, 0.29) is 10.8 Å². The van der Waals surface area contributed by atoms with Crippen molar-refractivity contribution in [2.24, 2.45) is 9.98 Å². The molecule has 1 aliphatic rings. The van der Waals surface area contributed by atoms with Gasteiger partial charge in [0.15, 0.2) is 5.17 Å². The second-order valence-electron chi connectivity index (χ2n) is 13.2. The summed E-state index contributed by atoms with van der Waals surface area (Å²) in [5, 5.41) is 15.7. The highest BCUT2D eigenvalue weighted by atomic mass is 32.2. The number of benzene rings is 1. The number of phenols is 1. The van der Waals surface area contributed by atoms with E-state index in [1.54, 1.807) is 11.8 Å². The largest absolute Gasteiger partial charge is 0.507 e. The standard InChI is InChI=1S/C33H58N4OS2/c1-9-11-13-15-17-19-21-39-31-34-25-37(40-22-20-18-16-14-12-10-2)30(36-31)35-26-23-27(32(3,4)5)29(38)28(24-26)33(6,7)8/h23-24,38H,9-22,25H2,1-8H3,(H,34,35,36). The van der Waals surface area contributed by atoms with Gasteiger partial charge in [0, 0.05) is 28.3 Å². The fourth-order valence-corrected chi connectivity index (χ4v) is 6.46. The molecule has 0 radical (unpaired) electrons. The molecule has 1 aromatic rings. The van der Waals surface area contributed by atoms with Crippen LogP contribution in [0.25, 0.3) is 0 Å². The molecule has 1 aliphatic heterocycles. The number of unbranched alkanes of at least 4 members (excludes halogenated alkanes) is 10. The number of aliphatic imine (C=N–C) groups is 2. The zero-order valence-corrected chi connectivity index (χ0v) is 28.5. The van der Waals surface area contributed by atoms with Crippen molar-refractivity contribution in [1.82, 2.24) is 4.31 Å². The molecule has 0 saturated heterocycles. The van der Waals surface area contributed by atoms with Gasteiger partial charge in [0.25, 0.3) is 0 Å². The smallest absolute Gasteiger partial charge is 0.217 e. The van der Waals surface area contributed by atoms with E-state index in [9.17, 15) is 5.11 Å². The summed E-state index contributed by atoms with van der Waals surface area (Å²) < 4.78 is 2.21. The molecule has 0 aromatic heterocycles. The first-order chi connectivity index (χ1) is 19.0. The van der Waals surface area contributed by atoms with Crippen molar-refractivity contribution < 1.29 is 5.11 Å². The van der Waals surface area contributed by atoms with Crippen molar-refractivity contribution in [3.05, 3.63) is 23.3 Å². The summed E-state index contributed by atoms with van der Waals surface area (Å²) in [4.78, 5) is 9.85. The highest BCUT2D eigenvalue weighted by Crippen LogP contribution is 2.41. The molecule has 1 aromatic carbocycles. The Hall–Kier alpha value is -1.34. The lowest BCUT2D eigenvalue weighted by atomic mass is 9.79. The minimum atomic E-state index is -0.179. The molecule has 7 heteroatoms. The monoisotopic (exact) mass is 590 g/mol. The second-order valence-corrected chi connectivity index (χ2v) is 15.3. The van der Waals surface area contributed by atoms with Gasteiger partial charge < -0.3 is 10.4 Å². The minimum Gasteiger partial charge on any atom is -0.507 e. The van der Waals surface area contributed by atoms with Gasteiger partial charge in [0.05, 0.1) is 0 Å². The Kier molecular flexibility index (Phi) is 15.3. The molecule has 0 bridgehead atoms. The lowest BCUT2D eigenvalue weighted by Gasteiger charge is -2.30. The van der Waals surface area contributed by atoms with E-state index >= 15 is 0 Å². The Balaban J connectivity index is 2.17. The fourth-order valence-electron chi connectivity index (χ4n) is 4.73. The average Bonchev–Trinajstić information content (AvgIpc) is 2.88. The van der Waals surface area contributed by atoms with Crippen molar-refractivity contribution in [1.29, 1.82) is 0 Å². The highest BCUT2D eigenvalue weighted by Gasteiger charge is 2.27. The van der Waals surface area contributed by atoms with Crippen LogP contribution >= 0.6 is 23.7 Å². The zero-order valence-electron chi connectivity index (χ0n) is 26.9. The third-order valence-electron chi connectivity index (χ3n) is 7.23. The maximum Gasteiger partial charge on any atom is 0.217 e. The van der Waals surface area contributed by atoms with Crippen LogP contribution < -0.4 is 5.32 Å². The Morgan fingerprint density at radius 1 is 0.775 bits per heavy atom. The lowest BCUT2D eigenvalue weighted by molar-refractivity contribution is 0.423. The van der Waals surface area contributed by atoms with Crippen molar-refractivity contribution >= 4 is 40.5 Å².